The number of carboxylic acids is 1. The summed E-state index contributed by atoms with van der Waals surface area (Å²) in [5, 5.41) is 10.3. The first-order valence-corrected chi connectivity index (χ1v) is 3.50. The van der Waals surface area contributed by atoms with E-state index in [-0.39, 0.29) is 6.61 Å². The summed E-state index contributed by atoms with van der Waals surface area (Å²) in [5.74, 6) is -0.848. The van der Waals surface area contributed by atoms with Crippen molar-refractivity contribution in [1.82, 2.24) is 10.4 Å². The number of hydrogen-bond acceptors (Lipinski definition) is 4. The maximum atomic E-state index is 10.6. The third-order valence-corrected chi connectivity index (χ3v) is 1.70. The van der Waals surface area contributed by atoms with Crippen molar-refractivity contribution in [2.75, 3.05) is 26.8 Å². The number of morpholine rings is 1. The van der Waals surface area contributed by atoms with Crippen molar-refractivity contribution >= 4 is 5.97 Å². The summed E-state index contributed by atoms with van der Waals surface area (Å²) in [7, 11) is 1.71. The minimum Gasteiger partial charge on any atom is -0.480 e. The highest BCUT2D eigenvalue weighted by atomic mass is 16.5. The maximum absolute atomic E-state index is 10.6. The number of aliphatic carboxylic acids is 1. The Hall–Kier alpha value is -0.650. The quantitative estimate of drug-likeness (QED) is 0.537. The van der Waals surface area contributed by atoms with Crippen molar-refractivity contribution in [1.29, 1.82) is 0 Å². The molecule has 1 heterocycles. The van der Waals surface area contributed by atoms with Crippen LogP contribution in [0.4, 0.5) is 0 Å². The van der Waals surface area contributed by atoms with Gasteiger partial charge in [-0.2, -0.15) is 0 Å². The van der Waals surface area contributed by atoms with E-state index in [9.17, 15) is 4.79 Å². The van der Waals surface area contributed by atoms with E-state index in [0.717, 1.165) is 0 Å². The first kappa shape index (κ1) is 8.45. The zero-order valence-electron chi connectivity index (χ0n) is 6.41. The van der Waals surface area contributed by atoms with Crippen LogP contribution in [0.3, 0.4) is 0 Å². The molecule has 1 rings (SSSR count). The Bertz CT molecular complexity index is 151. The van der Waals surface area contributed by atoms with Crippen LogP contribution in [0, 0.1) is 0 Å². The minimum atomic E-state index is -0.848. The molecular formula is C6H12N2O3. The molecule has 0 aromatic heterocycles. The number of nitrogens with zero attached hydrogens (tertiary/aromatic N) is 1. The van der Waals surface area contributed by atoms with E-state index in [0.29, 0.717) is 13.2 Å². The maximum Gasteiger partial charge on any atom is 0.324 e. The number of rotatable bonds is 2. The molecule has 1 aliphatic rings. The van der Waals surface area contributed by atoms with Crippen molar-refractivity contribution in [2.24, 2.45) is 0 Å². The largest absolute Gasteiger partial charge is 0.480 e. The average molecular weight is 160 g/mol. The predicted molar refractivity (Wildman–Crippen MR) is 38.0 cm³/mol. The lowest BCUT2D eigenvalue weighted by atomic mass is 10.3. The van der Waals surface area contributed by atoms with Gasteiger partial charge in [-0.3, -0.25) is 10.2 Å². The van der Waals surface area contributed by atoms with Crippen LogP contribution in [-0.4, -0.2) is 48.9 Å². The first-order chi connectivity index (χ1) is 5.25. The summed E-state index contributed by atoms with van der Waals surface area (Å²) in [4.78, 5) is 10.6. The third-order valence-electron chi connectivity index (χ3n) is 1.70. The minimum absolute atomic E-state index is 0.260. The molecular weight excluding hydrogens is 148 g/mol. The van der Waals surface area contributed by atoms with Crippen molar-refractivity contribution in [3.05, 3.63) is 0 Å². The number of carbonyl (C=O) groups is 1. The fourth-order valence-electron chi connectivity index (χ4n) is 1.08. The van der Waals surface area contributed by atoms with Crippen LogP contribution in [-0.2, 0) is 9.53 Å². The standard InChI is InChI=1S/C6H12N2O3/c1-7-8-2-3-11-4-5(8)6(9)10/h5,7H,2-4H2,1H3,(H,9,10)/t5-/m0/s1. The highest BCUT2D eigenvalue weighted by Gasteiger charge is 2.27. The molecule has 5 nitrogen and oxygen atoms in total. The van der Waals surface area contributed by atoms with E-state index in [1.54, 1.807) is 12.1 Å². The molecule has 1 saturated heterocycles. The van der Waals surface area contributed by atoms with Crippen molar-refractivity contribution in [2.45, 2.75) is 6.04 Å². The molecule has 0 radical (unpaired) electrons. The van der Waals surface area contributed by atoms with E-state index in [1.807, 2.05) is 0 Å². The van der Waals surface area contributed by atoms with Gasteiger partial charge in [0.2, 0.25) is 0 Å². The number of nitrogens with one attached hydrogen (secondary N) is 1. The van der Waals surface area contributed by atoms with Gasteiger partial charge in [0.05, 0.1) is 13.2 Å². The van der Waals surface area contributed by atoms with Gasteiger partial charge in [-0.05, 0) is 7.05 Å². The molecule has 0 spiro atoms. The van der Waals surface area contributed by atoms with Gasteiger partial charge >= 0.3 is 5.97 Å². The topological polar surface area (TPSA) is 61.8 Å². The molecule has 64 valence electrons. The van der Waals surface area contributed by atoms with Gasteiger partial charge in [-0.15, -0.1) is 0 Å². The van der Waals surface area contributed by atoms with Gasteiger partial charge in [0.25, 0.3) is 0 Å². The molecule has 0 amide bonds. The molecule has 0 aromatic rings. The Labute approximate surface area is 64.9 Å². The van der Waals surface area contributed by atoms with Crippen LogP contribution in [0.1, 0.15) is 0 Å². The van der Waals surface area contributed by atoms with Crippen LogP contribution in [0.25, 0.3) is 0 Å². The molecule has 0 unspecified atom stereocenters. The van der Waals surface area contributed by atoms with Crippen LogP contribution in [0.15, 0.2) is 0 Å². The summed E-state index contributed by atoms with van der Waals surface area (Å²) in [5.41, 5.74) is 2.81. The van der Waals surface area contributed by atoms with Crippen molar-refractivity contribution < 1.29 is 14.6 Å². The molecule has 11 heavy (non-hydrogen) atoms. The highest BCUT2D eigenvalue weighted by molar-refractivity contribution is 5.73. The Balaban J connectivity index is 2.51. The second-order valence-corrected chi connectivity index (χ2v) is 2.35. The molecule has 1 fully saturated rings. The predicted octanol–water partition coefficient (Wildman–Crippen LogP) is -1.09. The van der Waals surface area contributed by atoms with E-state index in [2.05, 4.69) is 5.43 Å². The van der Waals surface area contributed by atoms with Gasteiger partial charge in [0.1, 0.15) is 6.04 Å². The summed E-state index contributed by atoms with van der Waals surface area (Å²) < 4.78 is 5.01. The lowest BCUT2D eigenvalue weighted by Gasteiger charge is -2.31. The zero-order chi connectivity index (χ0) is 8.27. The van der Waals surface area contributed by atoms with E-state index >= 15 is 0 Å². The Morgan fingerprint density at radius 3 is 3.00 bits per heavy atom. The summed E-state index contributed by atoms with van der Waals surface area (Å²) in [6.07, 6.45) is 0. The number of carboxylic acid groups (broad SMARTS) is 1. The molecule has 0 aromatic carbocycles. The normalized spacial score (nSPS) is 26.8. The molecule has 1 atom stereocenters. The Morgan fingerprint density at radius 2 is 2.55 bits per heavy atom. The fourth-order valence-corrected chi connectivity index (χ4v) is 1.08. The summed E-state index contributed by atoms with van der Waals surface area (Å²) in [6, 6.07) is -0.547. The average Bonchev–Trinajstić information content (AvgIpc) is 2.04. The summed E-state index contributed by atoms with van der Waals surface area (Å²) >= 11 is 0. The zero-order valence-corrected chi connectivity index (χ0v) is 6.41. The number of hydrazine groups is 1. The monoisotopic (exact) mass is 160 g/mol. The SMILES string of the molecule is CNN1CCOC[C@H]1C(=O)O. The van der Waals surface area contributed by atoms with Crippen molar-refractivity contribution in [3.63, 3.8) is 0 Å². The first-order valence-electron chi connectivity index (χ1n) is 3.50. The van der Waals surface area contributed by atoms with Crippen LogP contribution >= 0.6 is 0 Å². The second-order valence-electron chi connectivity index (χ2n) is 2.35. The van der Waals surface area contributed by atoms with Crippen LogP contribution < -0.4 is 5.43 Å². The molecule has 5 heteroatoms. The van der Waals surface area contributed by atoms with Gasteiger partial charge in [-0.1, -0.05) is 0 Å². The van der Waals surface area contributed by atoms with E-state index in [4.69, 9.17) is 9.84 Å². The molecule has 0 bridgehead atoms. The lowest BCUT2D eigenvalue weighted by Crippen LogP contribution is -2.54. The molecule has 0 saturated carbocycles. The highest BCUT2D eigenvalue weighted by Crippen LogP contribution is 2.02. The van der Waals surface area contributed by atoms with Crippen molar-refractivity contribution in [3.8, 4) is 0 Å². The molecule has 0 aliphatic carbocycles. The molecule has 2 N–H and O–H groups in total. The smallest absolute Gasteiger partial charge is 0.324 e. The fraction of sp³-hybridized carbons (Fsp3) is 0.833. The third kappa shape index (κ3) is 1.89. The second kappa shape index (κ2) is 3.66. The van der Waals surface area contributed by atoms with Crippen LogP contribution in [0.2, 0.25) is 0 Å². The summed E-state index contributed by atoms with van der Waals surface area (Å²) in [6.45, 7) is 1.47. The van der Waals surface area contributed by atoms with Crippen LogP contribution in [0.5, 0.6) is 0 Å². The van der Waals surface area contributed by atoms with Gasteiger partial charge in [0, 0.05) is 6.54 Å². The molecule has 1 aliphatic heterocycles. The van der Waals surface area contributed by atoms with E-state index in [1.165, 1.54) is 0 Å². The van der Waals surface area contributed by atoms with Gasteiger partial charge in [0.15, 0.2) is 0 Å². The number of hydrogen-bond donors (Lipinski definition) is 2. The Kier molecular flexibility index (Phi) is 2.81. The number of ether oxygens (including phenoxy) is 1. The lowest BCUT2D eigenvalue weighted by molar-refractivity contribution is -0.151. The van der Waals surface area contributed by atoms with E-state index < -0.39 is 12.0 Å². The Morgan fingerprint density at radius 1 is 1.82 bits per heavy atom. The van der Waals surface area contributed by atoms with Gasteiger partial charge < -0.3 is 9.84 Å². The van der Waals surface area contributed by atoms with Gasteiger partial charge in [-0.25, -0.2) is 5.01 Å².